The Hall–Kier alpha value is -0.780. The molecular weight excluding hydrogens is 237 g/mol. The Labute approximate surface area is 97.6 Å². The van der Waals surface area contributed by atoms with Crippen molar-refractivity contribution in [1.82, 2.24) is 0 Å². The Morgan fingerprint density at radius 3 is 2.29 bits per heavy atom. The molecule has 2 atom stereocenters. The Balaban J connectivity index is 2.91. The first-order valence-electron chi connectivity index (χ1n) is 5.53. The Bertz CT molecular complexity index is 312. The molecule has 17 heavy (non-hydrogen) atoms. The number of rotatable bonds is 2. The molecule has 0 saturated heterocycles. The molecule has 100 valence electrons. The topological polar surface area (TPSA) is 57.5 Å². The number of carboxylic acids is 1. The molecule has 0 amide bonds. The van der Waals surface area contributed by atoms with Gasteiger partial charge >= 0.3 is 12.1 Å². The molecule has 2 unspecified atom stereocenters. The fourth-order valence-corrected chi connectivity index (χ4v) is 2.30. The Morgan fingerprint density at radius 1 is 1.35 bits per heavy atom. The van der Waals surface area contributed by atoms with Crippen LogP contribution in [-0.4, -0.2) is 28.0 Å². The lowest BCUT2D eigenvalue weighted by atomic mass is 9.66. The average Bonchev–Trinajstić information content (AvgIpc) is 2.15. The molecule has 1 fully saturated rings. The summed E-state index contributed by atoms with van der Waals surface area (Å²) >= 11 is 0. The average molecular weight is 254 g/mol. The molecule has 6 heteroatoms. The predicted molar refractivity (Wildman–Crippen MR) is 54.4 cm³/mol. The highest BCUT2D eigenvalue weighted by atomic mass is 19.4. The van der Waals surface area contributed by atoms with E-state index >= 15 is 0 Å². The van der Waals surface area contributed by atoms with Crippen molar-refractivity contribution in [1.29, 1.82) is 0 Å². The molecule has 1 aliphatic rings. The van der Waals surface area contributed by atoms with Crippen LogP contribution >= 0.6 is 0 Å². The molecular formula is C11H17F3O3. The van der Waals surface area contributed by atoms with Crippen molar-refractivity contribution >= 4 is 5.97 Å². The van der Waals surface area contributed by atoms with E-state index in [9.17, 15) is 23.1 Å². The van der Waals surface area contributed by atoms with Crippen LogP contribution in [-0.2, 0) is 4.79 Å². The number of aliphatic carboxylic acids is 1. The van der Waals surface area contributed by atoms with Gasteiger partial charge in [0.05, 0.1) is 5.41 Å². The van der Waals surface area contributed by atoms with Crippen LogP contribution in [0.25, 0.3) is 0 Å². The van der Waals surface area contributed by atoms with E-state index in [1.54, 1.807) is 0 Å². The molecule has 0 aromatic carbocycles. The normalized spacial score (nSPS) is 31.3. The summed E-state index contributed by atoms with van der Waals surface area (Å²) in [6.07, 6.45) is -4.98. The van der Waals surface area contributed by atoms with Gasteiger partial charge < -0.3 is 10.2 Å². The van der Waals surface area contributed by atoms with Gasteiger partial charge in [0.25, 0.3) is 0 Å². The Kier molecular flexibility index (Phi) is 3.49. The fraction of sp³-hybridized carbons (Fsp3) is 0.909. The van der Waals surface area contributed by atoms with Gasteiger partial charge in [-0.3, -0.25) is 4.79 Å². The molecule has 0 radical (unpaired) electrons. The second-order valence-corrected chi connectivity index (χ2v) is 5.35. The number of carboxylic acid groups (broad SMARTS) is 1. The van der Waals surface area contributed by atoms with Crippen molar-refractivity contribution in [2.45, 2.75) is 51.3 Å². The third kappa shape index (κ3) is 2.56. The largest absolute Gasteiger partial charge is 0.481 e. The molecule has 1 rings (SSSR count). The molecule has 2 N–H and O–H groups in total. The van der Waals surface area contributed by atoms with Crippen molar-refractivity contribution < 1.29 is 28.2 Å². The summed E-state index contributed by atoms with van der Waals surface area (Å²) in [6.45, 7) is 2.81. The molecule has 0 bridgehead atoms. The number of alkyl halides is 3. The molecule has 0 spiro atoms. The number of aliphatic hydroxyl groups is 1. The van der Waals surface area contributed by atoms with Crippen LogP contribution in [0.1, 0.15) is 39.5 Å². The van der Waals surface area contributed by atoms with E-state index in [0.29, 0.717) is 6.42 Å². The van der Waals surface area contributed by atoms with Gasteiger partial charge in [0.15, 0.2) is 5.60 Å². The lowest BCUT2D eigenvalue weighted by molar-refractivity contribution is -0.277. The number of carbonyl (C=O) groups is 1. The van der Waals surface area contributed by atoms with Crippen LogP contribution in [0.2, 0.25) is 0 Å². The fourth-order valence-electron chi connectivity index (χ4n) is 2.30. The van der Waals surface area contributed by atoms with E-state index in [2.05, 4.69) is 0 Å². The first kappa shape index (κ1) is 14.3. The third-order valence-electron chi connectivity index (χ3n) is 3.83. The van der Waals surface area contributed by atoms with Crippen LogP contribution in [0.5, 0.6) is 0 Å². The minimum Gasteiger partial charge on any atom is -0.481 e. The van der Waals surface area contributed by atoms with Gasteiger partial charge in [-0.1, -0.05) is 0 Å². The van der Waals surface area contributed by atoms with E-state index in [-0.39, 0.29) is 12.8 Å². The van der Waals surface area contributed by atoms with Crippen LogP contribution in [0.3, 0.4) is 0 Å². The quantitative estimate of drug-likeness (QED) is 0.796. The highest BCUT2D eigenvalue weighted by Crippen LogP contribution is 2.48. The van der Waals surface area contributed by atoms with Crippen LogP contribution in [0.15, 0.2) is 0 Å². The number of hydrogen-bond acceptors (Lipinski definition) is 2. The minimum atomic E-state index is -4.69. The van der Waals surface area contributed by atoms with Crippen molar-refractivity contribution in [3.63, 3.8) is 0 Å². The van der Waals surface area contributed by atoms with Crippen molar-refractivity contribution in [2.75, 3.05) is 0 Å². The summed E-state index contributed by atoms with van der Waals surface area (Å²) in [5.41, 5.74) is -3.98. The molecule has 1 aliphatic carbocycles. The standard InChI is InChI=1S/C11H17F3O3/c1-9(2,8(15)16)7-4-3-5-10(17,6-7)11(12,13)14/h7,17H,3-6H2,1-2H3,(H,15,16). The van der Waals surface area contributed by atoms with Gasteiger partial charge in [-0.2, -0.15) is 13.2 Å². The van der Waals surface area contributed by atoms with E-state index in [4.69, 9.17) is 5.11 Å². The zero-order valence-electron chi connectivity index (χ0n) is 9.84. The maximum absolute atomic E-state index is 12.7. The minimum absolute atomic E-state index is 0.192. The molecule has 0 aromatic rings. The van der Waals surface area contributed by atoms with Crippen LogP contribution in [0.4, 0.5) is 13.2 Å². The summed E-state index contributed by atoms with van der Waals surface area (Å²) < 4.78 is 38.1. The van der Waals surface area contributed by atoms with Gasteiger partial charge in [-0.25, -0.2) is 0 Å². The maximum Gasteiger partial charge on any atom is 0.417 e. The summed E-state index contributed by atoms with van der Waals surface area (Å²) in [7, 11) is 0. The second-order valence-electron chi connectivity index (χ2n) is 5.35. The summed E-state index contributed by atoms with van der Waals surface area (Å²) in [5, 5.41) is 18.6. The zero-order valence-corrected chi connectivity index (χ0v) is 9.84. The van der Waals surface area contributed by atoms with E-state index in [1.807, 2.05) is 0 Å². The van der Waals surface area contributed by atoms with Gasteiger partial charge in [-0.15, -0.1) is 0 Å². The Morgan fingerprint density at radius 2 is 1.88 bits per heavy atom. The smallest absolute Gasteiger partial charge is 0.417 e. The van der Waals surface area contributed by atoms with E-state index in [1.165, 1.54) is 13.8 Å². The molecule has 0 heterocycles. The summed E-state index contributed by atoms with van der Waals surface area (Å²) in [5.74, 6) is -1.80. The van der Waals surface area contributed by atoms with Crippen molar-refractivity contribution in [2.24, 2.45) is 11.3 Å². The van der Waals surface area contributed by atoms with E-state index < -0.39 is 35.5 Å². The maximum atomic E-state index is 12.7. The van der Waals surface area contributed by atoms with Crippen LogP contribution < -0.4 is 0 Å². The predicted octanol–water partition coefficient (Wildman–Crippen LogP) is 2.58. The van der Waals surface area contributed by atoms with E-state index in [0.717, 1.165) is 0 Å². The van der Waals surface area contributed by atoms with Crippen molar-refractivity contribution in [3.05, 3.63) is 0 Å². The summed E-state index contributed by atoms with van der Waals surface area (Å²) in [4.78, 5) is 11.0. The highest BCUT2D eigenvalue weighted by molar-refractivity contribution is 5.74. The highest BCUT2D eigenvalue weighted by Gasteiger charge is 2.57. The number of halogens is 3. The SMILES string of the molecule is CC(C)(C(=O)O)C1CCCC(O)(C(F)(F)F)C1. The molecule has 0 aliphatic heterocycles. The van der Waals surface area contributed by atoms with Gasteiger partial charge in [-0.05, 0) is 45.4 Å². The molecule has 3 nitrogen and oxygen atoms in total. The van der Waals surface area contributed by atoms with Gasteiger partial charge in [0.1, 0.15) is 0 Å². The zero-order chi connectivity index (χ0) is 13.5. The lowest BCUT2D eigenvalue weighted by Gasteiger charge is -2.42. The third-order valence-corrected chi connectivity index (χ3v) is 3.83. The van der Waals surface area contributed by atoms with Crippen LogP contribution in [0, 0.1) is 11.3 Å². The monoisotopic (exact) mass is 254 g/mol. The first-order chi connectivity index (χ1) is 7.51. The molecule has 0 aromatic heterocycles. The number of hydrogen-bond donors (Lipinski definition) is 2. The summed E-state index contributed by atoms with van der Waals surface area (Å²) in [6, 6.07) is 0. The first-order valence-corrected chi connectivity index (χ1v) is 5.53. The lowest BCUT2D eigenvalue weighted by Crippen LogP contribution is -2.51. The van der Waals surface area contributed by atoms with Crippen molar-refractivity contribution in [3.8, 4) is 0 Å². The van der Waals surface area contributed by atoms with Gasteiger partial charge in [0.2, 0.25) is 0 Å². The second kappa shape index (κ2) is 4.15. The molecule has 1 saturated carbocycles. The van der Waals surface area contributed by atoms with Gasteiger partial charge in [0, 0.05) is 0 Å².